The van der Waals surface area contributed by atoms with Crippen LogP contribution >= 0.6 is 34.9 Å². The van der Waals surface area contributed by atoms with Gasteiger partial charge in [0.15, 0.2) is 5.78 Å². The summed E-state index contributed by atoms with van der Waals surface area (Å²) in [5, 5.41) is 2.81. The monoisotopic (exact) mass is 272 g/mol. The van der Waals surface area contributed by atoms with E-state index in [9.17, 15) is 4.79 Å². The molecule has 1 saturated heterocycles. The first-order chi connectivity index (χ1) is 7.81. The Balaban J connectivity index is 1.97. The fourth-order valence-corrected chi connectivity index (χ4v) is 5.64. The molecule has 1 aromatic heterocycles. The molecule has 4 heteroatoms. The van der Waals surface area contributed by atoms with Crippen LogP contribution in [0.5, 0.6) is 0 Å². The number of carbonyl (C=O) groups is 1. The van der Waals surface area contributed by atoms with Gasteiger partial charge in [0.25, 0.3) is 0 Å². The number of rotatable bonds is 4. The van der Waals surface area contributed by atoms with Crippen molar-refractivity contribution in [3.63, 3.8) is 0 Å². The van der Waals surface area contributed by atoms with Crippen LogP contribution in [0.3, 0.4) is 0 Å². The van der Waals surface area contributed by atoms with E-state index < -0.39 is 0 Å². The van der Waals surface area contributed by atoms with Crippen LogP contribution in [0.4, 0.5) is 0 Å². The molecule has 2 atom stereocenters. The van der Waals surface area contributed by atoms with Crippen LogP contribution in [0, 0.1) is 0 Å². The molecule has 1 fully saturated rings. The molecule has 1 aromatic rings. The summed E-state index contributed by atoms with van der Waals surface area (Å²) in [5.74, 6) is 2.75. The summed E-state index contributed by atoms with van der Waals surface area (Å²) in [6.45, 7) is 2.19. The van der Waals surface area contributed by atoms with E-state index in [4.69, 9.17) is 0 Å². The van der Waals surface area contributed by atoms with Gasteiger partial charge in [-0.1, -0.05) is 13.0 Å². The van der Waals surface area contributed by atoms with E-state index in [-0.39, 0.29) is 5.25 Å². The number of thioether (sulfide) groups is 2. The highest BCUT2D eigenvalue weighted by atomic mass is 32.2. The minimum absolute atomic E-state index is 0.228. The predicted molar refractivity (Wildman–Crippen MR) is 75.8 cm³/mol. The van der Waals surface area contributed by atoms with Crippen LogP contribution in [-0.2, 0) is 11.2 Å². The second-order valence-corrected chi connectivity index (χ2v) is 7.46. The Labute approximate surface area is 109 Å². The fourth-order valence-electron chi connectivity index (χ4n) is 1.89. The molecule has 0 bridgehead atoms. The van der Waals surface area contributed by atoms with E-state index in [2.05, 4.69) is 13.0 Å². The maximum atomic E-state index is 12.2. The van der Waals surface area contributed by atoms with Gasteiger partial charge in [0.1, 0.15) is 0 Å². The molecule has 0 saturated carbocycles. The molecule has 0 amide bonds. The maximum Gasteiger partial charge on any atom is 0.152 e. The molecule has 16 heavy (non-hydrogen) atoms. The van der Waals surface area contributed by atoms with E-state index in [0.29, 0.717) is 17.5 Å². The van der Waals surface area contributed by atoms with Crippen molar-refractivity contribution in [2.75, 3.05) is 11.5 Å². The number of Topliss-reactive ketones (excluding diaryl/α,β-unsaturated/α-hetero) is 1. The van der Waals surface area contributed by atoms with Crippen LogP contribution in [0.25, 0.3) is 0 Å². The highest BCUT2D eigenvalue weighted by Crippen LogP contribution is 2.34. The van der Waals surface area contributed by atoms with E-state index in [1.165, 1.54) is 10.6 Å². The van der Waals surface area contributed by atoms with Crippen LogP contribution < -0.4 is 0 Å². The van der Waals surface area contributed by atoms with Gasteiger partial charge in [0, 0.05) is 28.1 Å². The Bertz CT molecular complexity index is 334. The van der Waals surface area contributed by atoms with Crippen molar-refractivity contribution in [3.05, 3.63) is 22.4 Å². The Morgan fingerprint density at radius 3 is 2.94 bits per heavy atom. The van der Waals surface area contributed by atoms with Gasteiger partial charge < -0.3 is 0 Å². The molecule has 1 aliphatic heterocycles. The number of hydrogen-bond donors (Lipinski definition) is 0. The molecule has 0 N–H and O–H groups in total. The summed E-state index contributed by atoms with van der Waals surface area (Å²) in [5.41, 5.74) is 0. The van der Waals surface area contributed by atoms with Gasteiger partial charge in [0.05, 0.1) is 5.25 Å². The predicted octanol–water partition coefficient (Wildman–Crippen LogP) is 3.49. The summed E-state index contributed by atoms with van der Waals surface area (Å²) in [6, 6.07) is 4.08. The molecule has 1 aliphatic rings. The lowest BCUT2D eigenvalue weighted by atomic mass is 10.1. The van der Waals surface area contributed by atoms with Crippen molar-refractivity contribution in [3.8, 4) is 0 Å². The van der Waals surface area contributed by atoms with Crippen LogP contribution in [0.1, 0.15) is 18.2 Å². The molecule has 0 aliphatic carbocycles. The lowest BCUT2D eigenvalue weighted by Crippen LogP contribution is -2.33. The van der Waals surface area contributed by atoms with E-state index in [1.54, 1.807) is 11.3 Å². The molecule has 0 aromatic carbocycles. The zero-order valence-corrected chi connectivity index (χ0v) is 11.8. The topological polar surface area (TPSA) is 17.1 Å². The highest BCUT2D eigenvalue weighted by molar-refractivity contribution is 8.07. The number of ketones is 1. The fraction of sp³-hybridized carbons (Fsp3) is 0.583. The van der Waals surface area contributed by atoms with Crippen LogP contribution in [0.15, 0.2) is 17.5 Å². The average molecular weight is 272 g/mol. The second-order valence-electron chi connectivity index (χ2n) is 3.83. The number of carbonyl (C=O) groups excluding carboxylic acids is 1. The third kappa shape index (κ3) is 3.05. The zero-order chi connectivity index (χ0) is 11.4. The quantitative estimate of drug-likeness (QED) is 0.835. The van der Waals surface area contributed by atoms with Gasteiger partial charge in [-0.05, 0) is 17.9 Å². The van der Waals surface area contributed by atoms with Gasteiger partial charge in [-0.2, -0.15) is 11.8 Å². The molecule has 1 nitrogen and oxygen atoms in total. The molecule has 2 rings (SSSR count). The van der Waals surface area contributed by atoms with Crippen molar-refractivity contribution >= 4 is 40.6 Å². The lowest BCUT2D eigenvalue weighted by Gasteiger charge is -2.28. The minimum Gasteiger partial charge on any atom is -0.298 e. The molecular formula is C12H16OS3. The van der Waals surface area contributed by atoms with Crippen LogP contribution in [-0.4, -0.2) is 27.8 Å². The maximum absolute atomic E-state index is 12.2. The Kier molecular flexibility index (Phi) is 4.79. The largest absolute Gasteiger partial charge is 0.298 e. The van der Waals surface area contributed by atoms with Gasteiger partial charge >= 0.3 is 0 Å². The second kappa shape index (κ2) is 6.12. The first kappa shape index (κ1) is 12.5. The standard InChI is InChI=1S/C12H16OS3/c1-2-11-12(16-7-6-15-11)10(13)8-9-4-3-5-14-9/h3-5,11-12H,2,6-8H2,1H3. The van der Waals surface area contributed by atoms with E-state index >= 15 is 0 Å². The molecule has 88 valence electrons. The molecule has 0 radical (unpaired) electrons. The smallest absolute Gasteiger partial charge is 0.152 e. The van der Waals surface area contributed by atoms with Gasteiger partial charge in [-0.3, -0.25) is 4.79 Å². The van der Waals surface area contributed by atoms with Crippen molar-refractivity contribution in [1.82, 2.24) is 0 Å². The SMILES string of the molecule is CCC1SCCSC1C(=O)Cc1cccs1. The summed E-state index contributed by atoms with van der Waals surface area (Å²) >= 11 is 5.52. The molecule has 2 unspecified atom stereocenters. The van der Waals surface area contributed by atoms with Crippen molar-refractivity contribution < 1.29 is 4.79 Å². The molecule has 2 heterocycles. The summed E-state index contributed by atoms with van der Waals surface area (Å²) in [6.07, 6.45) is 1.74. The minimum atomic E-state index is 0.228. The number of thiophene rings is 1. The van der Waals surface area contributed by atoms with Crippen molar-refractivity contribution in [2.24, 2.45) is 0 Å². The third-order valence-corrected chi connectivity index (χ3v) is 6.87. The zero-order valence-electron chi connectivity index (χ0n) is 9.35. The van der Waals surface area contributed by atoms with E-state index in [1.807, 2.05) is 35.0 Å². The Morgan fingerprint density at radius 1 is 1.44 bits per heavy atom. The van der Waals surface area contributed by atoms with Crippen LogP contribution in [0.2, 0.25) is 0 Å². The van der Waals surface area contributed by atoms with E-state index in [0.717, 1.165) is 12.2 Å². The molecule has 0 spiro atoms. The normalized spacial score (nSPS) is 25.6. The Morgan fingerprint density at radius 2 is 2.25 bits per heavy atom. The summed E-state index contributed by atoms with van der Waals surface area (Å²) in [4.78, 5) is 13.4. The van der Waals surface area contributed by atoms with Crippen molar-refractivity contribution in [1.29, 1.82) is 0 Å². The summed E-state index contributed by atoms with van der Waals surface area (Å²) < 4.78 is 0. The van der Waals surface area contributed by atoms with Gasteiger partial charge in [0.2, 0.25) is 0 Å². The number of hydrogen-bond acceptors (Lipinski definition) is 4. The average Bonchev–Trinajstić information content (AvgIpc) is 2.81. The van der Waals surface area contributed by atoms with Gasteiger partial charge in [-0.15, -0.1) is 23.1 Å². The first-order valence-corrected chi connectivity index (χ1v) is 8.57. The lowest BCUT2D eigenvalue weighted by molar-refractivity contribution is -0.117. The molecular weight excluding hydrogens is 256 g/mol. The third-order valence-electron chi connectivity index (χ3n) is 2.70. The first-order valence-electron chi connectivity index (χ1n) is 5.59. The van der Waals surface area contributed by atoms with Crippen molar-refractivity contribution in [2.45, 2.75) is 30.3 Å². The Hall–Kier alpha value is 0.0700. The van der Waals surface area contributed by atoms with Gasteiger partial charge in [-0.25, -0.2) is 0 Å². The summed E-state index contributed by atoms with van der Waals surface area (Å²) in [7, 11) is 0. The highest BCUT2D eigenvalue weighted by Gasteiger charge is 2.30.